The molecule has 3 aliphatic rings. The molecule has 0 aromatic heterocycles. The van der Waals surface area contributed by atoms with Crippen LogP contribution in [0.2, 0.25) is 0 Å². The van der Waals surface area contributed by atoms with E-state index in [0.717, 1.165) is 49.4 Å². The predicted octanol–water partition coefficient (Wildman–Crippen LogP) is 6.49. The van der Waals surface area contributed by atoms with Crippen LogP contribution in [0.3, 0.4) is 0 Å². The first-order valence-corrected chi connectivity index (χ1v) is 11.8. The number of alkyl halides is 3. The molecule has 5 rings (SSSR count). The van der Waals surface area contributed by atoms with Crippen LogP contribution in [0, 0.1) is 5.92 Å². The quantitative estimate of drug-likeness (QED) is 0.527. The Bertz CT molecular complexity index is 991. The molecule has 2 aromatic rings. The van der Waals surface area contributed by atoms with Gasteiger partial charge in [0, 0.05) is 22.3 Å². The maximum absolute atomic E-state index is 13.6. The van der Waals surface area contributed by atoms with Crippen molar-refractivity contribution in [3.63, 3.8) is 0 Å². The summed E-state index contributed by atoms with van der Waals surface area (Å²) >= 11 is 1.42. The van der Waals surface area contributed by atoms with E-state index in [0.29, 0.717) is 28.7 Å². The molecule has 2 unspecified atom stereocenters. The Hall–Kier alpha value is -1.99. The largest absolute Gasteiger partial charge is 0.416 e. The van der Waals surface area contributed by atoms with Crippen LogP contribution in [-0.4, -0.2) is 29.9 Å². The van der Waals surface area contributed by atoms with Gasteiger partial charge in [-0.3, -0.25) is 9.69 Å². The molecule has 0 N–H and O–H groups in total. The van der Waals surface area contributed by atoms with Crippen LogP contribution in [-0.2, 0) is 11.0 Å². The zero-order chi connectivity index (χ0) is 21.6. The number of anilines is 2. The zero-order valence-electron chi connectivity index (χ0n) is 17.2. The van der Waals surface area contributed by atoms with Crippen molar-refractivity contribution >= 4 is 29.0 Å². The number of nitrogens with zero attached hydrogens (tertiary/aromatic N) is 2. The summed E-state index contributed by atoms with van der Waals surface area (Å²) in [7, 11) is 0. The molecule has 7 heteroatoms. The molecule has 164 valence electrons. The van der Waals surface area contributed by atoms with E-state index < -0.39 is 11.7 Å². The molecule has 2 saturated heterocycles. The van der Waals surface area contributed by atoms with Gasteiger partial charge in [0.25, 0.3) is 0 Å². The molecule has 0 radical (unpaired) electrons. The van der Waals surface area contributed by atoms with Gasteiger partial charge in [0.15, 0.2) is 0 Å². The van der Waals surface area contributed by atoms with E-state index >= 15 is 0 Å². The summed E-state index contributed by atoms with van der Waals surface area (Å²) < 4.78 is 40.3. The number of piperidine rings is 2. The number of fused-ring (bicyclic) bond motifs is 3. The van der Waals surface area contributed by atoms with Gasteiger partial charge in [-0.25, -0.2) is 0 Å². The van der Waals surface area contributed by atoms with Crippen molar-refractivity contribution in [3.05, 3.63) is 48.0 Å². The van der Waals surface area contributed by atoms with E-state index in [-0.39, 0.29) is 11.8 Å². The van der Waals surface area contributed by atoms with Gasteiger partial charge in [0.1, 0.15) is 0 Å². The Kier molecular flexibility index (Phi) is 5.51. The van der Waals surface area contributed by atoms with Gasteiger partial charge in [0.05, 0.1) is 16.9 Å². The summed E-state index contributed by atoms with van der Waals surface area (Å²) in [5, 5.41) is 0. The number of hydrogen-bond acceptors (Lipinski definition) is 3. The van der Waals surface area contributed by atoms with E-state index in [9.17, 15) is 18.0 Å². The summed E-state index contributed by atoms with van der Waals surface area (Å²) in [5.41, 5.74) is 0.306. The number of rotatable bonds is 2. The first-order chi connectivity index (χ1) is 14.9. The number of halogens is 3. The standard InChI is InChI=1S/C24H25F3N2OS/c25-24(26,27)17-10-11-22-20(15-17)29(19-8-1-2-9-21(19)31-22)23(30)14-16-6-5-13-28-12-4-3-7-18(16)28/h1-2,8-11,15-16,18H,3-7,12-14H2. The van der Waals surface area contributed by atoms with E-state index in [4.69, 9.17) is 0 Å². The summed E-state index contributed by atoms with van der Waals surface area (Å²) in [6.07, 6.45) is 1.52. The number of amides is 1. The molecule has 3 aliphatic heterocycles. The third-order valence-corrected chi connectivity index (χ3v) is 7.90. The summed E-state index contributed by atoms with van der Waals surface area (Å²) in [6.45, 7) is 2.19. The molecule has 0 bridgehead atoms. The first kappa shape index (κ1) is 20.9. The number of benzene rings is 2. The maximum Gasteiger partial charge on any atom is 0.416 e. The molecule has 31 heavy (non-hydrogen) atoms. The zero-order valence-corrected chi connectivity index (χ0v) is 18.0. The first-order valence-electron chi connectivity index (χ1n) is 11.0. The SMILES string of the molecule is O=C(CC1CCCN2CCCCC12)N1c2ccccc2Sc2ccc(C(F)(F)F)cc21. The molecule has 2 aromatic carbocycles. The van der Waals surface area contributed by atoms with Gasteiger partial charge in [-0.15, -0.1) is 0 Å². The highest BCUT2D eigenvalue weighted by Crippen LogP contribution is 2.50. The minimum atomic E-state index is -4.45. The fraction of sp³-hybridized carbons (Fsp3) is 0.458. The second-order valence-electron chi connectivity index (χ2n) is 8.68. The van der Waals surface area contributed by atoms with E-state index in [1.165, 1.54) is 35.6 Å². The van der Waals surface area contributed by atoms with Gasteiger partial charge >= 0.3 is 6.18 Å². The molecule has 0 saturated carbocycles. The van der Waals surface area contributed by atoms with Crippen molar-refractivity contribution in [3.8, 4) is 0 Å². The minimum Gasteiger partial charge on any atom is -0.300 e. The average molecular weight is 447 g/mol. The highest BCUT2D eigenvalue weighted by Gasteiger charge is 2.38. The minimum absolute atomic E-state index is 0.106. The molecular weight excluding hydrogens is 421 g/mol. The number of para-hydroxylation sites is 1. The van der Waals surface area contributed by atoms with Crippen LogP contribution < -0.4 is 4.90 Å². The second kappa shape index (κ2) is 8.17. The molecule has 1 amide bonds. The Morgan fingerprint density at radius 2 is 1.74 bits per heavy atom. The van der Waals surface area contributed by atoms with Gasteiger partial charge in [0.2, 0.25) is 5.91 Å². The van der Waals surface area contributed by atoms with Crippen LogP contribution >= 0.6 is 11.8 Å². The van der Waals surface area contributed by atoms with Crippen molar-refractivity contribution in [2.75, 3.05) is 18.0 Å². The van der Waals surface area contributed by atoms with Gasteiger partial charge in [-0.1, -0.05) is 30.3 Å². The number of carbonyl (C=O) groups is 1. The fourth-order valence-corrected chi connectivity index (χ4v) is 6.37. The summed E-state index contributed by atoms with van der Waals surface area (Å²) in [5.74, 6) is 0.156. The second-order valence-corrected chi connectivity index (χ2v) is 9.77. The van der Waals surface area contributed by atoms with Crippen LogP contribution in [0.5, 0.6) is 0 Å². The predicted molar refractivity (Wildman–Crippen MR) is 116 cm³/mol. The lowest BCUT2D eigenvalue weighted by Gasteiger charge is -2.44. The Balaban J connectivity index is 1.49. The Morgan fingerprint density at radius 3 is 2.58 bits per heavy atom. The highest BCUT2D eigenvalue weighted by molar-refractivity contribution is 7.99. The van der Waals surface area contributed by atoms with Crippen molar-refractivity contribution in [1.82, 2.24) is 4.90 Å². The summed E-state index contributed by atoms with van der Waals surface area (Å²) in [6, 6.07) is 11.6. The van der Waals surface area contributed by atoms with Crippen molar-refractivity contribution < 1.29 is 18.0 Å². The van der Waals surface area contributed by atoms with Crippen molar-refractivity contribution in [2.45, 2.75) is 60.5 Å². The van der Waals surface area contributed by atoms with E-state index in [1.54, 1.807) is 0 Å². The molecule has 3 nitrogen and oxygen atoms in total. The smallest absolute Gasteiger partial charge is 0.300 e. The Labute approximate surface area is 184 Å². The third kappa shape index (κ3) is 3.98. The maximum atomic E-state index is 13.6. The topological polar surface area (TPSA) is 23.6 Å². The third-order valence-electron chi connectivity index (χ3n) is 6.77. The summed E-state index contributed by atoms with van der Waals surface area (Å²) in [4.78, 5) is 19.3. The molecular formula is C24H25F3N2OS. The number of carbonyl (C=O) groups excluding carboxylic acids is 1. The van der Waals surface area contributed by atoms with E-state index in [1.807, 2.05) is 24.3 Å². The number of hydrogen-bond donors (Lipinski definition) is 0. The lowest BCUT2D eigenvalue weighted by Crippen LogP contribution is -2.49. The molecule has 3 heterocycles. The molecule has 2 fully saturated rings. The van der Waals surface area contributed by atoms with Gasteiger partial charge < -0.3 is 4.90 Å². The monoisotopic (exact) mass is 446 g/mol. The van der Waals surface area contributed by atoms with Crippen LogP contribution in [0.1, 0.15) is 44.1 Å². The van der Waals surface area contributed by atoms with E-state index in [2.05, 4.69) is 4.90 Å². The lowest BCUT2D eigenvalue weighted by atomic mass is 9.81. The van der Waals surface area contributed by atoms with Crippen LogP contribution in [0.25, 0.3) is 0 Å². The lowest BCUT2D eigenvalue weighted by molar-refractivity contribution is -0.137. The molecule has 0 aliphatic carbocycles. The van der Waals surface area contributed by atoms with Crippen molar-refractivity contribution in [2.24, 2.45) is 5.92 Å². The Morgan fingerprint density at radius 1 is 0.968 bits per heavy atom. The molecule has 2 atom stereocenters. The van der Waals surface area contributed by atoms with Gasteiger partial charge in [-0.05, 0) is 75.0 Å². The van der Waals surface area contributed by atoms with Crippen LogP contribution in [0.4, 0.5) is 24.5 Å². The molecule has 0 spiro atoms. The highest BCUT2D eigenvalue weighted by atomic mass is 32.2. The van der Waals surface area contributed by atoms with Gasteiger partial charge in [-0.2, -0.15) is 13.2 Å². The normalized spacial score (nSPS) is 23.6. The van der Waals surface area contributed by atoms with Crippen molar-refractivity contribution in [1.29, 1.82) is 0 Å². The van der Waals surface area contributed by atoms with Crippen LogP contribution in [0.15, 0.2) is 52.3 Å². The average Bonchev–Trinajstić information content (AvgIpc) is 2.76. The fourth-order valence-electron chi connectivity index (χ4n) is 5.33.